The van der Waals surface area contributed by atoms with Gasteiger partial charge in [-0.15, -0.1) is 0 Å². The zero-order valence-electron chi connectivity index (χ0n) is 9.43. The molecule has 0 amide bonds. The Balaban J connectivity index is 2.00. The van der Waals surface area contributed by atoms with Crippen molar-refractivity contribution >= 4 is 12.9 Å². The molecule has 2 nitrogen and oxygen atoms in total. The zero-order valence-corrected chi connectivity index (χ0v) is 9.43. The Hall–Kier alpha value is -2.12. The van der Waals surface area contributed by atoms with Crippen LogP contribution in [0.3, 0.4) is 0 Å². The minimum Gasteiger partial charge on any atom is -0.424 e. The van der Waals surface area contributed by atoms with Crippen molar-refractivity contribution in [3.05, 3.63) is 65.0 Å². The third-order valence-electron chi connectivity index (χ3n) is 3.00. The summed E-state index contributed by atoms with van der Waals surface area (Å²) in [6, 6.07) is 13.8. The van der Waals surface area contributed by atoms with E-state index in [1.165, 1.54) is 12.1 Å². The molecule has 1 atom stereocenters. The minimum absolute atomic E-state index is 0.272. The summed E-state index contributed by atoms with van der Waals surface area (Å²) in [5.74, 6) is -0.272. The normalized spacial score (nSPS) is 16.8. The molecule has 0 spiro atoms. The maximum atomic E-state index is 13.3. The number of nitriles is 1. The van der Waals surface area contributed by atoms with Crippen molar-refractivity contribution < 1.29 is 9.04 Å². The second-order valence-corrected chi connectivity index (χ2v) is 4.14. The van der Waals surface area contributed by atoms with Gasteiger partial charge in [0.25, 0.3) is 0 Å². The zero-order chi connectivity index (χ0) is 12.5. The highest BCUT2D eigenvalue weighted by atomic mass is 19.1. The fourth-order valence-corrected chi connectivity index (χ4v) is 2.09. The van der Waals surface area contributed by atoms with Crippen LogP contribution in [-0.2, 0) is 4.65 Å². The average molecular weight is 236 g/mol. The summed E-state index contributed by atoms with van der Waals surface area (Å²) in [5, 5.41) is 8.75. The molecule has 0 aliphatic carbocycles. The lowest BCUT2D eigenvalue weighted by atomic mass is 9.86. The lowest BCUT2D eigenvalue weighted by molar-refractivity contribution is 0.280. The van der Waals surface area contributed by atoms with E-state index in [0.717, 1.165) is 16.6 Å². The molecule has 1 unspecified atom stereocenters. The fraction of sp³-hybridized carbons (Fsp3) is 0.0714. The fourth-order valence-electron chi connectivity index (χ4n) is 2.09. The second-order valence-electron chi connectivity index (χ2n) is 4.14. The summed E-state index contributed by atoms with van der Waals surface area (Å²) in [6.45, 7) is 0. The van der Waals surface area contributed by atoms with Crippen LogP contribution in [0.15, 0.2) is 42.5 Å². The van der Waals surface area contributed by atoms with E-state index in [9.17, 15) is 4.39 Å². The molecule has 3 rings (SSSR count). The quantitative estimate of drug-likeness (QED) is 0.710. The van der Waals surface area contributed by atoms with Gasteiger partial charge in [0.1, 0.15) is 5.82 Å². The number of halogens is 1. The molecular formula is C14H8BFNO. The van der Waals surface area contributed by atoms with Crippen LogP contribution in [0.2, 0.25) is 0 Å². The SMILES string of the molecule is N#Cc1ccc(C2O[B]c3ccc(F)cc32)cc1. The van der Waals surface area contributed by atoms with Crippen LogP contribution in [0.25, 0.3) is 0 Å². The average Bonchev–Trinajstić information content (AvgIpc) is 2.82. The number of rotatable bonds is 1. The Morgan fingerprint density at radius 1 is 1.17 bits per heavy atom. The molecule has 1 heterocycles. The van der Waals surface area contributed by atoms with Gasteiger partial charge in [-0.2, -0.15) is 5.26 Å². The third kappa shape index (κ3) is 1.79. The van der Waals surface area contributed by atoms with E-state index in [0.29, 0.717) is 5.56 Å². The van der Waals surface area contributed by atoms with Gasteiger partial charge in [-0.05, 0) is 40.9 Å². The summed E-state index contributed by atoms with van der Waals surface area (Å²) in [4.78, 5) is 0. The van der Waals surface area contributed by atoms with Crippen LogP contribution in [0.1, 0.15) is 22.8 Å². The van der Waals surface area contributed by atoms with Crippen molar-refractivity contribution in [1.29, 1.82) is 5.26 Å². The minimum atomic E-state index is -0.288. The molecule has 0 saturated carbocycles. The van der Waals surface area contributed by atoms with Gasteiger partial charge in [0.05, 0.1) is 17.7 Å². The van der Waals surface area contributed by atoms with Crippen LogP contribution in [0, 0.1) is 17.1 Å². The Bertz CT molecular complexity index is 633. The number of hydrogen-bond donors (Lipinski definition) is 0. The van der Waals surface area contributed by atoms with Crippen molar-refractivity contribution in [2.24, 2.45) is 0 Å². The maximum absolute atomic E-state index is 13.3. The molecule has 0 fully saturated rings. The molecule has 2 aromatic carbocycles. The van der Waals surface area contributed by atoms with Gasteiger partial charge in [0.2, 0.25) is 0 Å². The van der Waals surface area contributed by atoms with Gasteiger partial charge in [-0.1, -0.05) is 18.2 Å². The van der Waals surface area contributed by atoms with Crippen LogP contribution < -0.4 is 5.46 Å². The van der Waals surface area contributed by atoms with Gasteiger partial charge in [0, 0.05) is 0 Å². The molecule has 2 aromatic rings. The molecule has 0 aromatic heterocycles. The molecule has 1 aliphatic heterocycles. The number of nitrogens with zero attached hydrogens (tertiary/aromatic N) is 1. The van der Waals surface area contributed by atoms with E-state index >= 15 is 0 Å². The van der Waals surface area contributed by atoms with E-state index < -0.39 is 0 Å². The molecule has 85 valence electrons. The van der Waals surface area contributed by atoms with E-state index in [2.05, 4.69) is 6.07 Å². The maximum Gasteiger partial charge on any atom is 0.331 e. The predicted molar refractivity (Wildman–Crippen MR) is 65.9 cm³/mol. The summed E-state index contributed by atoms with van der Waals surface area (Å²) < 4.78 is 18.8. The first kappa shape index (κ1) is 11.0. The summed E-state index contributed by atoms with van der Waals surface area (Å²) in [6.07, 6.45) is -0.288. The van der Waals surface area contributed by atoms with Crippen molar-refractivity contribution in [1.82, 2.24) is 0 Å². The smallest absolute Gasteiger partial charge is 0.331 e. The highest BCUT2D eigenvalue weighted by Gasteiger charge is 2.26. The lowest BCUT2D eigenvalue weighted by Crippen LogP contribution is -2.10. The van der Waals surface area contributed by atoms with Crippen molar-refractivity contribution in [2.45, 2.75) is 6.10 Å². The van der Waals surface area contributed by atoms with Crippen LogP contribution in [0.4, 0.5) is 4.39 Å². The van der Waals surface area contributed by atoms with E-state index in [1.54, 1.807) is 25.7 Å². The largest absolute Gasteiger partial charge is 0.424 e. The van der Waals surface area contributed by atoms with Gasteiger partial charge >= 0.3 is 7.48 Å². The van der Waals surface area contributed by atoms with Crippen molar-refractivity contribution in [3.8, 4) is 6.07 Å². The van der Waals surface area contributed by atoms with Crippen LogP contribution >= 0.6 is 0 Å². The number of benzene rings is 2. The molecular weight excluding hydrogens is 228 g/mol. The first-order valence-electron chi connectivity index (χ1n) is 5.56. The summed E-state index contributed by atoms with van der Waals surface area (Å²) in [7, 11) is 1.64. The van der Waals surface area contributed by atoms with E-state index in [-0.39, 0.29) is 11.9 Å². The molecule has 0 bridgehead atoms. The highest BCUT2D eigenvalue weighted by Crippen LogP contribution is 2.28. The lowest BCUT2D eigenvalue weighted by Gasteiger charge is -2.12. The highest BCUT2D eigenvalue weighted by molar-refractivity contribution is 6.49. The molecule has 1 radical (unpaired) electrons. The second kappa shape index (κ2) is 4.28. The Morgan fingerprint density at radius 2 is 1.94 bits per heavy atom. The van der Waals surface area contributed by atoms with Gasteiger partial charge in [-0.3, -0.25) is 0 Å². The van der Waals surface area contributed by atoms with Gasteiger partial charge < -0.3 is 4.65 Å². The first-order valence-corrected chi connectivity index (χ1v) is 5.56. The Morgan fingerprint density at radius 3 is 2.67 bits per heavy atom. The standard InChI is InChI=1S/C14H8BFNO/c16-11-5-6-13-12(7-11)14(18-15-13)10-3-1-9(8-17)2-4-10/h1-7,14H. The van der Waals surface area contributed by atoms with Gasteiger partial charge in [-0.25, -0.2) is 4.39 Å². The topological polar surface area (TPSA) is 33.0 Å². The molecule has 1 aliphatic rings. The van der Waals surface area contributed by atoms with E-state index in [1.807, 2.05) is 12.1 Å². The molecule has 0 saturated heterocycles. The summed E-state index contributed by atoms with van der Waals surface area (Å²) in [5.41, 5.74) is 3.22. The van der Waals surface area contributed by atoms with Crippen LogP contribution in [-0.4, -0.2) is 7.48 Å². The molecule has 0 N–H and O–H groups in total. The van der Waals surface area contributed by atoms with Gasteiger partial charge in [0.15, 0.2) is 0 Å². The molecule has 18 heavy (non-hydrogen) atoms. The third-order valence-corrected chi connectivity index (χ3v) is 3.00. The summed E-state index contributed by atoms with van der Waals surface area (Å²) >= 11 is 0. The van der Waals surface area contributed by atoms with Crippen molar-refractivity contribution in [2.75, 3.05) is 0 Å². The predicted octanol–water partition coefficient (Wildman–Crippen LogP) is 2.06. The molecule has 4 heteroatoms. The first-order chi connectivity index (χ1) is 8.78. The Kier molecular flexibility index (Phi) is 2.62. The number of fused-ring (bicyclic) bond motifs is 1. The Labute approximate surface area is 105 Å². The monoisotopic (exact) mass is 236 g/mol. The number of hydrogen-bond acceptors (Lipinski definition) is 2. The van der Waals surface area contributed by atoms with Crippen LogP contribution in [0.5, 0.6) is 0 Å². The van der Waals surface area contributed by atoms with E-state index in [4.69, 9.17) is 9.92 Å². The van der Waals surface area contributed by atoms with Crippen molar-refractivity contribution in [3.63, 3.8) is 0 Å².